The van der Waals surface area contributed by atoms with Gasteiger partial charge in [0.25, 0.3) is 5.91 Å². The summed E-state index contributed by atoms with van der Waals surface area (Å²) in [5.41, 5.74) is 2.45. The molecule has 2 heterocycles. The van der Waals surface area contributed by atoms with E-state index in [0.29, 0.717) is 18.0 Å². The number of thiazole rings is 1. The summed E-state index contributed by atoms with van der Waals surface area (Å²) in [5.74, 6) is -0.101. The van der Waals surface area contributed by atoms with Gasteiger partial charge in [-0.25, -0.2) is 4.98 Å². The Morgan fingerprint density at radius 3 is 2.48 bits per heavy atom. The summed E-state index contributed by atoms with van der Waals surface area (Å²) in [6, 6.07) is 8.27. The minimum atomic E-state index is -0.755. The van der Waals surface area contributed by atoms with Crippen molar-refractivity contribution in [3.05, 3.63) is 34.7 Å². The second-order valence-corrected chi connectivity index (χ2v) is 7.40. The number of anilines is 1. The molecule has 7 heteroatoms. The Kier molecular flexibility index (Phi) is 6.57. The van der Waals surface area contributed by atoms with Crippen molar-refractivity contribution in [2.24, 2.45) is 0 Å². The molecule has 0 atom stereocenters. The van der Waals surface area contributed by atoms with Gasteiger partial charge in [0.1, 0.15) is 5.60 Å². The molecule has 1 aromatic heterocycles. The molecule has 1 amide bonds. The van der Waals surface area contributed by atoms with Gasteiger partial charge in [-0.15, -0.1) is 23.7 Å². The minimum absolute atomic E-state index is 0. The van der Waals surface area contributed by atoms with Crippen LogP contribution in [0.15, 0.2) is 24.3 Å². The van der Waals surface area contributed by atoms with Crippen molar-refractivity contribution >= 4 is 34.8 Å². The number of methoxy groups -OCH3 is 1. The molecule has 1 fully saturated rings. The number of hydrogen-bond acceptors (Lipinski definition) is 5. The number of carbonyl (C=O) groups is 1. The van der Waals surface area contributed by atoms with Crippen LogP contribution >= 0.6 is 23.7 Å². The molecule has 5 nitrogen and oxygen atoms in total. The van der Waals surface area contributed by atoms with E-state index in [-0.39, 0.29) is 18.3 Å². The van der Waals surface area contributed by atoms with Crippen molar-refractivity contribution in [1.29, 1.82) is 0 Å². The van der Waals surface area contributed by atoms with Crippen molar-refractivity contribution < 1.29 is 9.53 Å². The first kappa shape index (κ1) is 19.8. The van der Waals surface area contributed by atoms with Crippen LogP contribution in [0.4, 0.5) is 5.13 Å². The molecular weight excluding hydrogens is 358 g/mol. The number of amides is 1. The van der Waals surface area contributed by atoms with Gasteiger partial charge < -0.3 is 10.1 Å². The highest BCUT2D eigenvalue weighted by Gasteiger charge is 2.40. The average molecular weight is 382 g/mol. The number of hydrogen-bond donors (Lipinski definition) is 2. The van der Waals surface area contributed by atoms with Crippen LogP contribution in [-0.2, 0) is 9.53 Å². The molecule has 1 aliphatic heterocycles. The predicted octanol–water partition coefficient (Wildman–Crippen LogP) is 3.56. The molecule has 2 N–H and O–H groups in total. The molecule has 0 unspecified atom stereocenters. The zero-order chi connectivity index (χ0) is 17.2. The lowest BCUT2D eigenvalue weighted by Crippen LogP contribution is -2.51. The van der Waals surface area contributed by atoms with Gasteiger partial charge in [-0.1, -0.05) is 29.8 Å². The zero-order valence-electron chi connectivity index (χ0n) is 14.7. The normalized spacial score (nSPS) is 16.1. The number of carbonyl (C=O) groups excluding carboxylic acids is 1. The van der Waals surface area contributed by atoms with Gasteiger partial charge in [-0.2, -0.15) is 0 Å². The fraction of sp³-hybridized carbons (Fsp3) is 0.444. The quantitative estimate of drug-likeness (QED) is 0.850. The van der Waals surface area contributed by atoms with Gasteiger partial charge in [-0.05, 0) is 39.8 Å². The maximum Gasteiger partial charge on any atom is 0.258 e. The lowest BCUT2D eigenvalue weighted by atomic mass is 9.91. The van der Waals surface area contributed by atoms with Gasteiger partial charge >= 0.3 is 0 Å². The van der Waals surface area contributed by atoms with Crippen LogP contribution in [0.1, 0.15) is 23.3 Å². The average Bonchev–Trinajstić information content (AvgIpc) is 2.96. The van der Waals surface area contributed by atoms with E-state index < -0.39 is 5.60 Å². The largest absolute Gasteiger partial charge is 0.368 e. The van der Waals surface area contributed by atoms with Gasteiger partial charge in [0, 0.05) is 17.6 Å². The van der Waals surface area contributed by atoms with E-state index in [4.69, 9.17) is 4.74 Å². The molecule has 0 radical (unpaired) electrons. The molecule has 1 aliphatic rings. The Balaban J connectivity index is 0.00000225. The topological polar surface area (TPSA) is 63.2 Å². The number of nitrogens with one attached hydrogen (secondary N) is 2. The zero-order valence-corrected chi connectivity index (χ0v) is 16.4. The molecule has 3 rings (SSSR count). The molecule has 2 aromatic rings. The highest BCUT2D eigenvalue weighted by atomic mass is 35.5. The number of aromatic nitrogens is 1. The Bertz CT molecular complexity index is 724. The number of benzene rings is 1. The highest BCUT2D eigenvalue weighted by Crippen LogP contribution is 2.32. The fourth-order valence-corrected chi connectivity index (χ4v) is 3.83. The first-order chi connectivity index (χ1) is 11.5. The Morgan fingerprint density at radius 1 is 1.24 bits per heavy atom. The van der Waals surface area contributed by atoms with Crippen LogP contribution in [0, 0.1) is 13.8 Å². The molecule has 0 spiro atoms. The Labute approximate surface area is 158 Å². The first-order valence-corrected chi connectivity index (χ1v) is 8.97. The Hall–Kier alpha value is -1.47. The monoisotopic (exact) mass is 381 g/mol. The van der Waals surface area contributed by atoms with Crippen LogP contribution in [0.25, 0.3) is 11.3 Å². The van der Waals surface area contributed by atoms with Gasteiger partial charge in [0.15, 0.2) is 5.13 Å². The summed E-state index contributed by atoms with van der Waals surface area (Å²) in [4.78, 5) is 18.4. The van der Waals surface area contributed by atoms with E-state index >= 15 is 0 Å². The molecule has 0 saturated carbocycles. The maximum atomic E-state index is 12.7. The number of halogens is 1. The smallest absolute Gasteiger partial charge is 0.258 e. The molecule has 0 bridgehead atoms. The summed E-state index contributed by atoms with van der Waals surface area (Å²) >= 11 is 1.50. The lowest BCUT2D eigenvalue weighted by Gasteiger charge is -2.34. The number of aryl methyl sites for hydroxylation is 2. The van der Waals surface area contributed by atoms with Crippen molar-refractivity contribution in [2.45, 2.75) is 32.3 Å². The van der Waals surface area contributed by atoms with Crippen LogP contribution in [-0.4, -0.2) is 36.7 Å². The minimum Gasteiger partial charge on any atom is -0.368 e. The number of piperidine rings is 1. The van der Waals surface area contributed by atoms with E-state index in [1.165, 1.54) is 16.9 Å². The third-order valence-electron chi connectivity index (χ3n) is 4.56. The predicted molar refractivity (Wildman–Crippen MR) is 105 cm³/mol. The molecular formula is C18H24ClN3O2S. The van der Waals surface area contributed by atoms with Crippen molar-refractivity contribution in [1.82, 2.24) is 10.3 Å². The highest BCUT2D eigenvalue weighted by molar-refractivity contribution is 7.16. The van der Waals surface area contributed by atoms with Gasteiger partial charge in [0.05, 0.1) is 5.69 Å². The molecule has 25 heavy (non-hydrogen) atoms. The summed E-state index contributed by atoms with van der Waals surface area (Å²) < 4.78 is 5.57. The first-order valence-electron chi connectivity index (χ1n) is 8.16. The number of rotatable bonds is 4. The third-order valence-corrected chi connectivity index (χ3v) is 5.44. The van der Waals surface area contributed by atoms with E-state index in [1.54, 1.807) is 7.11 Å². The van der Waals surface area contributed by atoms with Crippen molar-refractivity contribution in [3.63, 3.8) is 0 Å². The van der Waals surface area contributed by atoms with Crippen LogP contribution < -0.4 is 10.6 Å². The second-order valence-electron chi connectivity index (χ2n) is 6.19. The summed E-state index contributed by atoms with van der Waals surface area (Å²) in [6.45, 7) is 5.66. The van der Waals surface area contributed by atoms with Crippen molar-refractivity contribution in [3.8, 4) is 11.3 Å². The van der Waals surface area contributed by atoms with Crippen LogP contribution in [0.5, 0.6) is 0 Å². The number of nitrogens with zero attached hydrogens (tertiary/aromatic N) is 1. The third kappa shape index (κ3) is 4.20. The molecule has 0 aliphatic carbocycles. The van der Waals surface area contributed by atoms with Crippen molar-refractivity contribution in [2.75, 3.05) is 25.5 Å². The van der Waals surface area contributed by atoms with E-state index in [1.807, 2.05) is 6.92 Å². The van der Waals surface area contributed by atoms with Gasteiger partial charge in [0.2, 0.25) is 0 Å². The van der Waals surface area contributed by atoms with E-state index in [0.717, 1.165) is 29.2 Å². The summed E-state index contributed by atoms with van der Waals surface area (Å²) in [5, 5.41) is 6.85. The molecule has 1 aromatic carbocycles. The van der Waals surface area contributed by atoms with E-state index in [2.05, 4.69) is 46.8 Å². The number of ether oxygens (including phenoxy) is 1. The summed E-state index contributed by atoms with van der Waals surface area (Å²) in [6.07, 6.45) is 1.34. The second kappa shape index (κ2) is 8.27. The molecule has 1 saturated heterocycles. The Morgan fingerprint density at radius 2 is 1.88 bits per heavy atom. The molecule has 136 valence electrons. The summed E-state index contributed by atoms with van der Waals surface area (Å²) in [7, 11) is 1.61. The van der Waals surface area contributed by atoms with Crippen LogP contribution in [0.3, 0.4) is 0 Å². The van der Waals surface area contributed by atoms with Gasteiger partial charge in [-0.3, -0.25) is 10.1 Å². The standard InChI is InChI=1S/C18H23N3O2S.ClH/c1-12-4-6-14(7-5-12)15-13(2)24-17(20-15)21-16(22)18(23-3)8-10-19-11-9-18;/h4-7,19H,8-11H2,1-3H3,(H,20,21,22);1H. The maximum absolute atomic E-state index is 12.7. The lowest BCUT2D eigenvalue weighted by molar-refractivity contribution is -0.140. The van der Waals surface area contributed by atoms with Crippen LogP contribution in [0.2, 0.25) is 0 Å². The van der Waals surface area contributed by atoms with E-state index in [9.17, 15) is 4.79 Å². The fourth-order valence-electron chi connectivity index (χ4n) is 2.99. The SMILES string of the molecule is COC1(C(=O)Nc2nc(-c3ccc(C)cc3)c(C)s2)CCNCC1.Cl.